The van der Waals surface area contributed by atoms with Crippen molar-refractivity contribution in [2.24, 2.45) is 0 Å². The number of nitrogens with zero attached hydrogens (tertiary/aromatic N) is 1. The number of halogens is 1. The summed E-state index contributed by atoms with van der Waals surface area (Å²) in [7, 11) is 3.25. The molecule has 2 rings (SSSR count). The van der Waals surface area contributed by atoms with Gasteiger partial charge in [0.05, 0.1) is 7.11 Å². The van der Waals surface area contributed by atoms with E-state index in [4.69, 9.17) is 21.1 Å². The lowest BCUT2D eigenvalue weighted by Crippen LogP contribution is -2.30. The fraction of sp³-hybridized carbons (Fsp3) is 0.200. The van der Waals surface area contributed by atoms with Crippen molar-refractivity contribution in [2.75, 3.05) is 20.8 Å². The predicted molar refractivity (Wildman–Crippen MR) is 101 cm³/mol. The van der Waals surface area contributed by atoms with Crippen molar-refractivity contribution in [1.29, 1.82) is 0 Å². The number of likely N-dealkylation sites (N-methyl/N-ethyl adjacent to an activating group) is 1. The Kier molecular flexibility index (Phi) is 7.24. The van der Waals surface area contributed by atoms with Gasteiger partial charge in [-0.3, -0.25) is 4.79 Å². The molecule has 0 spiro atoms. The number of hydrogen-bond donors (Lipinski definition) is 0. The first-order valence-corrected chi connectivity index (χ1v) is 8.33. The number of benzene rings is 2. The van der Waals surface area contributed by atoms with Gasteiger partial charge in [0.15, 0.2) is 6.61 Å². The molecular formula is C20H20ClNO4. The second kappa shape index (κ2) is 9.63. The Hall–Kier alpha value is -2.79. The normalized spacial score (nSPS) is 10.6. The van der Waals surface area contributed by atoms with E-state index in [2.05, 4.69) is 0 Å². The van der Waals surface area contributed by atoms with Crippen molar-refractivity contribution < 1.29 is 19.1 Å². The summed E-state index contributed by atoms with van der Waals surface area (Å²) in [4.78, 5) is 25.3. The van der Waals surface area contributed by atoms with E-state index in [0.29, 0.717) is 11.6 Å². The lowest BCUT2D eigenvalue weighted by Gasteiger charge is -2.17. The van der Waals surface area contributed by atoms with E-state index in [9.17, 15) is 9.59 Å². The average Bonchev–Trinajstić information content (AvgIpc) is 2.66. The minimum Gasteiger partial charge on any atom is -0.497 e. The van der Waals surface area contributed by atoms with Gasteiger partial charge < -0.3 is 14.4 Å². The molecule has 0 saturated heterocycles. The molecule has 0 aliphatic heterocycles. The maximum Gasteiger partial charge on any atom is 0.331 e. The van der Waals surface area contributed by atoms with E-state index in [1.165, 1.54) is 11.0 Å². The van der Waals surface area contributed by atoms with Crippen LogP contribution in [0, 0.1) is 0 Å². The van der Waals surface area contributed by atoms with Gasteiger partial charge in [0.25, 0.3) is 5.91 Å². The van der Waals surface area contributed by atoms with Crippen molar-refractivity contribution in [3.8, 4) is 5.75 Å². The number of amides is 1. The molecule has 5 nitrogen and oxygen atoms in total. The van der Waals surface area contributed by atoms with Crippen LogP contribution in [0.1, 0.15) is 11.1 Å². The first-order valence-electron chi connectivity index (χ1n) is 7.95. The minimum absolute atomic E-state index is 0.283. The molecule has 0 N–H and O–H groups in total. The number of methoxy groups -OCH3 is 1. The van der Waals surface area contributed by atoms with Gasteiger partial charge in [0, 0.05) is 24.7 Å². The monoisotopic (exact) mass is 373 g/mol. The van der Waals surface area contributed by atoms with Gasteiger partial charge in [0.2, 0.25) is 0 Å². The Morgan fingerprint density at radius 3 is 2.35 bits per heavy atom. The van der Waals surface area contributed by atoms with E-state index in [1.54, 1.807) is 44.5 Å². The van der Waals surface area contributed by atoms with Crippen LogP contribution < -0.4 is 4.74 Å². The molecule has 0 heterocycles. The molecule has 0 unspecified atom stereocenters. The van der Waals surface area contributed by atoms with Crippen LogP contribution in [0.2, 0.25) is 5.02 Å². The fourth-order valence-electron chi connectivity index (χ4n) is 2.12. The summed E-state index contributed by atoms with van der Waals surface area (Å²) in [6.45, 7) is 0.109. The molecule has 0 aromatic heterocycles. The van der Waals surface area contributed by atoms with Crippen LogP contribution in [0.25, 0.3) is 6.08 Å². The zero-order chi connectivity index (χ0) is 18.9. The highest BCUT2D eigenvalue weighted by Gasteiger charge is 2.11. The van der Waals surface area contributed by atoms with Gasteiger partial charge in [-0.25, -0.2) is 4.79 Å². The lowest BCUT2D eigenvalue weighted by atomic mass is 10.2. The molecule has 0 bridgehead atoms. The largest absolute Gasteiger partial charge is 0.497 e. The molecule has 2 aromatic rings. The highest BCUT2D eigenvalue weighted by molar-refractivity contribution is 6.30. The Balaban J connectivity index is 1.78. The van der Waals surface area contributed by atoms with Gasteiger partial charge in [0.1, 0.15) is 5.75 Å². The lowest BCUT2D eigenvalue weighted by molar-refractivity contribution is -0.147. The van der Waals surface area contributed by atoms with Crippen molar-refractivity contribution in [1.82, 2.24) is 4.90 Å². The molecule has 136 valence electrons. The third-order valence-electron chi connectivity index (χ3n) is 3.62. The van der Waals surface area contributed by atoms with Crippen molar-refractivity contribution >= 4 is 29.6 Å². The zero-order valence-corrected chi connectivity index (χ0v) is 15.4. The van der Waals surface area contributed by atoms with Gasteiger partial charge in [-0.15, -0.1) is 0 Å². The van der Waals surface area contributed by atoms with Crippen LogP contribution in [0.15, 0.2) is 54.6 Å². The molecule has 0 radical (unpaired) electrons. The number of carbonyl (C=O) groups excluding carboxylic acids is 2. The number of rotatable bonds is 7. The van der Waals surface area contributed by atoms with Crippen LogP contribution in [-0.2, 0) is 20.9 Å². The van der Waals surface area contributed by atoms with Crippen LogP contribution in [0.5, 0.6) is 5.75 Å². The number of hydrogen-bond acceptors (Lipinski definition) is 4. The van der Waals surface area contributed by atoms with Gasteiger partial charge in [-0.1, -0.05) is 35.9 Å². The molecule has 6 heteroatoms. The van der Waals surface area contributed by atoms with Crippen LogP contribution >= 0.6 is 11.6 Å². The quantitative estimate of drug-likeness (QED) is 0.550. The molecule has 0 fully saturated rings. The number of ether oxygens (including phenoxy) is 2. The van der Waals surface area contributed by atoms with Crippen LogP contribution in [0.3, 0.4) is 0 Å². The summed E-state index contributed by atoms with van der Waals surface area (Å²) in [5.74, 6) is -0.107. The topological polar surface area (TPSA) is 55.8 Å². The predicted octanol–water partition coefficient (Wildman–Crippen LogP) is 3.56. The van der Waals surface area contributed by atoms with Crippen molar-refractivity contribution in [3.63, 3.8) is 0 Å². The van der Waals surface area contributed by atoms with E-state index in [1.807, 2.05) is 24.3 Å². The SMILES string of the molecule is COc1ccc(CN(C)C(=O)COC(=O)/C=C/c2ccc(Cl)cc2)cc1. The van der Waals surface area contributed by atoms with Crippen LogP contribution in [0.4, 0.5) is 0 Å². The van der Waals surface area contributed by atoms with Crippen molar-refractivity contribution in [3.05, 3.63) is 70.8 Å². The zero-order valence-electron chi connectivity index (χ0n) is 14.6. The first kappa shape index (κ1) is 19.5. The molecular weight excluding hydrogens is 354 g/mol. The van der Waals surface area contributed by atoms with Gasteiger partial charge >= 0.3 is 5.97 Å². The Bertz CT molecular complexity index is 769. The summed E-state index contributed by atoms with van der Waals surface area (Å²) < 4.78 is 10.1. The van der Waals surface area contributed by atoms with E-state index in [-0.39, 0.29) is 12.5 Å². The first-order chi connectivity index (χ1) is 12.5. The second-order valence-electron chi connectivity index (χ2n) is 5.59. The van der Waals surface area contributed by atoms with Crippen molar-refractivity contribution in [2.45, 2.75) is 6.54 Å². The standard InChI is InChI=1S/C20H20ClNO4/c1-22(13-16-5-10-18(25-2)11-6-16)19(23)14-26-20(24)12-7-15-3-8-17(21)9-4-15/h3-12H,13-14H2,1-2H3/b12-7+. The van der Waals surface area contributed by atoms with Gasteiger partial charge in [-0.2, -0.15) is 0 Å². The minimum atomic E-state index is -0.578. The second-order valence-corrected chi connectivity index (χ2v) is 6.03. The summed E-state index contributed by atoms with van der Waals surface area (Å²) in [6, 6.07) is 14.4. The molecule has 0 aliphatic rings. The molecule has 26 heavy (non-hydrogen) atoms. The Morgan fingerprint density at radius 2 is 1.73 bits per heavy atom. The Labute approximate surface area is 157 Å². The smallest absolute Gasteiger partial charge is 0.331 e. The summed E-state index contributed by atoms with van der Waals surface area (Å²) in [6.07, 6.45) is 2.88. The van der Waals surface area contributed by atoms with E-state index in [0.717, 1.165) is 16.9 Å². The fourth-order valence-corrected chi connectivity index (χ4v) is 2.25. The van der Waals surface area contributed by atoms with E-state index >= 15 is 0 Å². The highest BCUT2D eigenvalue weighted by atomic mass is 35.5. The van der Waals surface area contributed by atoms with E-state index < -0.39 is 5.97 Å². The molecule has 1 amide bonds. The molecule has 0 atom stereocenters. The maximum absolute atomic E-state index is 12.1. The Morgan fingerprint density at radius 1 is 1.08 bits per heavy atom. The third kappa shape index (κ3) is 6.26. The highest BCUT2D eigenvalue weighted by Crippen LogP contribution is 2.13. The molecule has 0 saturated carbocycles. The molecule has 2 aromatic carbocycles. The maximum atomic E-state index is 12.1. The summed E-state index contributed by atoms with van der Waals surface area (Å²) in [5, 5.41) is 0.621. The van der Waals surface area contributed by atoms with Crippen LogP contribution in [-0.4, -0.2) is 37.5 Å². The molecule has 0 aliphatic carbocycles. The number of carbonyl (C=O) groups is 2. The summed E-state index contributed by atoms with van der Waals surface area (Å²) >= 11 is 5.80. The average molecular weight is 374 g/mol. The number of esters is 1. The van der Waals surface area contributed by atoms with Gasteiger partial charge in [-0.05, 0) is 41.5 Å². The summed E-state index contributed by atoms with van der Waals surface area (Å²) in [5.41, 5.74) is 1.77. The third-order valence-corrected chi connectivity index (χ3v) is 3.88.